The molecule has 0 unspecified atom stereocenters. The number of thiophene rings is 1. The zero-order valence-electron chi connectivity index (χ0n) is 86.0. The molecule has 32 rings (SSSR count). The van der Waals surface area contributed by atoms with Crippen LogP contribution in [0.1, 0.15) is 150 Å². The average Bonchev–Trinajstić information content (AvgIpc) is 1.54. The molecule has 7 nitrogen and oxygen atoms in total. The first-order chi connectivity index (χ1) is 72.9. The largest absolute Gasteiger partial charge is 0.458 e. The Balaban J connectivity index is 0.000000104. The highest BCUT2D eigenvalue weighted by atomic mass is 32.1. The van der Waals surface area contributed by atoms with Crippen molar-refractivity contribution in [2.24, 2.45) is 0 Å². The lowest BCUT2D eigenvalue weighted by Gasteiger charge is -2.45. The quantitative estimate of drug-likeness (QED) is 0.159. The lowest BCUT2D eigenvalue weighted by molar-refractivity contribution is 0.484. The number of hydrogen-bond acceptors (Lipinski definition) is 8. The van der Waals surface area contributed by atoms with Crippen molar-refractivity contribution in [1.82, 2.24) is 0 Å². The number of anilines is 9. The summed E-state index contributed by atoms with van der Waals surface area (Å²) < 4.78 is 29.9. The van der Waals surface area contributed by atoms with Gasteiger partial charge in [-0.15, -0.1) is 11.3 Å². The summed E-state index contributed by atoms with van der Waals surface area (Å²) in [6.45, 7) is 28.9. The lowest BCUT2D eigenvalue weighted by atomic mass is 9.30. The van der Waals surface area contributed by atoms with Gasteiger partial charge in [-0.1, -0.05) is 403 Å². The van der Waals surface area contributed by atoms with E-state index in [9.17, 15) is 0 Å². The minimum atomic E-state index is -2.75. The van der Waals surface area contributed by atoms with E-state index < -0.39 is 8.07 Å². The van der Waals surface area contributed by atoms with E-state index in [2.05, 4.69) is 516 Å². The van der Waals surface area contributed by atoms with Crippen LogP contribution in [0.5, 0.6) is 34.5 Å². The number of nitrogens with zero attached hydrogens (tertiary/aromatic N) is 3. The molecule has 0 fully saturated rings. The smallest absolute Gasteiger partial charge is 0.251 e. The first-order valence-electron chi connectivity index (χ1n) is 53.1. The molecule has 0 amide bonds. The molecule has 12 heteroatoms. The van der Waals surface area contributed by atoms with E-state index in [-0.39, 0.29) is 52.6 Å². The van der Waals surface area contributed by atoms with Crippen LogP contribution in [0.15, 0.2) is 429 Å². The van der Waals surface area contributed by atoms with Gasteiger partial charge in [0.15, 0.2) is 8.07 Å². The van der Waals surface area contributed by atoms with Crippen LogP contribution in [-0.2, 0) is 32.5 Å². The Bertz CT molecular complexity index is 9230. The second-order valence-electron chi connectivity index (χ2n) is 45.9. The summed E-state index contributed by atoms with van der Waals surface area (Å²) in [4.78, 5) is 7.52. The van der Waals surface area contributed by atoms with Gasteiger partial charge in [0.05, 0.1) is 51.2 Å². The number of para-hydroxylation sites is 7. The van der Waals surface area contributed by atoms with Crippen molar-refractivity contribution in [2.75, 3.05) is 14.7 Å². The predicted molar refractivity (Wildman–Crippen MR) is 632 cm³/mol. The minimum Gasteiger partial charge on any atom is -0.458 e. The molecule has 22 aromatic rings. The first kappa shape index (κ1) is 88.9. The molecule has 716 valence electrons. The molecule has 0 N–H and O–H groups in total. The summed E-state index contributed by atoms with van der Waals surface area (Å²) in [7, 11) is -2.75. The summed E-state index contributed by atoms with van der Waals surface area (Å²) in [5.41, 5.74) is 41.6. The Hall–Kier alpha value is -16.4. The number of ether oxygens (including phenoxy) is 3. The summed E-state index contributed by atoms with van der Waals surface area (Å²) in [6, 6.07) is 158. The Labute approximate surface area is 882 Å². The molecule has 0 spiro atoms. The highest BCUT2D eigenvalue weighted by Gasteiger charge is 2.55. The van der Waals surface area contributed by atoms with Crippen molar-refractivity contribution >= 4 is 203 Å². The minimum absolute atomic E-state index is 0.109. The monoisotopic (exact) mass is 1960 g/mol. The van der Waals surface area contributed by atoms with Crippen LogP contribution in [0.2, 0.25) is 0 Å². The molecule has 10 aliphatic rings. The number of rotatable bonds is 5. The van der Waals surface area contributed by atoms with Gasteiger partial charge in [-0.2, -0.15) is 0 Å². The van der Waals surface area contributed by atoms with Crippen LogP contribution in [0, 0.1) is 0 Å². The van der Waals surface area contributed by atoms with E-state index >= 15 is 0 Å². The molecule has 20 aromatic carbocycles. The van der Waals surface area contributed by atoms with E-state index in [1.54, 1.807) is 0 Å². The zero-order valence-corrected chi connectivity index (χ0v) is 87.8. The summed E-state index contributed by atoms with van der Waals surface area (Å²) in [6.07, 6.45) is 0. The summed E-state index contributed by atoms with van der Waals surface area (Å²) in [5, 5.41) is 10.7. The van der Waals surface area contributed by atoms with Gasteiger partial charge in [-0.3, -0.25) is 0 Å². The third-order valence-corrected chi connectivity index (χ3v) is 42.0. The predicted octanol–water partition coefficient (Wildman–Crippen LogP) is 26.8. The van der Waals surface area contributed by atoms with Crippen LogP contribution in [0.3, 0.4) is 0 Å². The van der Waals surface area contributed by atoms with Gasteiger partial charge in [0.1, 0.15) is 45.7 Å². The van der Waals surface area contributed by atoms with Gasteiger partial charge in [0.25, 0.3) is 20.1 Å². The standard InChI is InChI=1S/C54H42BNOSi.C42H32BNO2.C42H32BNOS/c1-53(2)40-24-12-14-26-44(40)55-45-27-15-17-29-48(45)57-49-32-35(31-43(53)52(49)55)56-46-28-16-13-25-41(46)54(3,4)42-33-39-38-23-11-18-30-50(38)58(51(39)34-47(42)56,36-19-7-5-8-20-36)37-21-9-6-10-22-37;1-41(2)28-14-6-8-16-32(28)43-33-17-9-12-20-37(33)46-39-22-25(21-31(41)40(39)43)44-34-18-10-7-15-29(34)42(3,4)30-23-27-26-13-5-11-19-36(26)45-38(27)24-35(30)44;1-41(2)28-14-6-8-16-32(28)43-33-17-9-11-19-36(33)45-37-22-25(21-31(41)40(37)43)44-34-18-10-7-15-29(34)42(3,4)30-23-27-26-13-5-12-20-38(26)46-39(27)24-35(30)44/h5-34H,1-4H3;2*5-24H,1-4H3. The van der Waals surface area contributed by atoms with E-state index in [0.717, 1.165) is 79.2 Å². The number of benzene rings is 20. The molecular weight excluding hydrogens is 1860 g/mol. The van der Waals surface area contributed by atoms with Crippen LogP contribution in [-0.4, -0.2) is 28.2 Å². The maximum absolute atomic E-state index is 7.03. The molecule has 0 saturated heterocycles. The van der Waals surface area contributed by atoms with Gasteiger partial charge in [-0.05, 0) is 228 Å². The fraction of sp³-hybridized carbons (Fsp3) is 0.130. The van der Waals surface area contributed by atoms with Gasteiger partial charge >= 0.3 is 0 Å². The maximum Gasteiger partial charge on any atom is 0.251 e. The third-order valence-electron chi connectivity index (χ3n) is 36.0. The Morgan fingerprint density at radius 2 is 0.553 bits per heavy atom. The molecule has 0 bridgehead atoms. The van der Waals surface area contributed by atoms with Crippen molar-refractivity contribution in [3.63, 3.8) is 0 Å². The van der Waals surface area contributed by atoms with Crippen LogP contribution in [0.25, 0.3) is 53.2 Å². The fourth-order valence-corrected chi connectivity index (χ4v) is 35.1. The van der Waals surface area contributed by atoms with Crippen molar-refractivity contribution in [1.29, 1.82) is 0 Å². The van der Waals surface area contributed by atoms with Crippen LogP contribution < -0.4 is 98.8 Å². The fourth-order valence-electron chi connectivity index (χ4n) is 28.8. The van der Waals surface area contributed by atoms with Gasteiger partial charge in [-0.25, -0.2) is 0 Å². The Kier molecular flexibility index (Phi) is 18.9. The van der Waals surface area contributed by atoms with E-state index in [0.29, 0.717) is 0 Å². The molecule has 12 heterocycles. The second-order valence-corrected chi connectivity index (χ2v) is 50.7. The molecule has 150 heavy (non-hydrogen) atoms. The van der Waals surface area contributed by atoms with Crippen molar-refractivity contribution < 1.29 is 18.6 Å². The van der Waals surface area contributed by atoms with E-state index in [4.69, 9.17) is 18.6 Å². The topological polar surface area (TPSA) is 50.5 Å². The van der Waals surface area contributed by atoms with Crippen molar-refractivity contribution in [2.45, 2.75) is 116 Å². The van der Waals surface area contributed by atoms with E-state index in [1.165, 1.54) is 196 Å². The average molecular weight is 1960 g/mol. The normalized spacial score (nSPS) is 16.3. The molecular formula is C138H106B3N3O4SSi. The maximum atomic E-state index is 7.03. The van der Waals surface area contributed by atoms with Crippen molar-refractivity contribution in [3.8, 4) is 45.6 Å². The molecule has 0 saturated carbocycles. The van der Waals surface area contributed by atoms with Gasteiger partial charge in [0.2, 0.25) is 0 Å². The van der Waals surface area contributed by atoms with Crippen molar-refractivity contribution in [3.05, 3.63) is 491 Å². The molecule has 2 aromatic heterocycles. The first-order valence-corrected chi connectivity index (χ1v) is 55.9. The Morgan fingerprint density at radius 1 is 0.213 bits per heavy atom. The lowest BCUT2D eigenvalue weighted by Crippen LogP contribution is -2.72. The highest BCUT2D eigenvalue weighted by Crippen LogP contribution is 2.61. The zero-order chi connectivity index (χ0) is 101. The van der Waals surface area contributed by atoms with Gasteiger partial charge < -0.3 is 33.3 Å². The van der Waals surface area contributed by atoms with Crippen LogP contribution in [0.4, 0.5) is 51.2 Å². The third kappa shape index (κ3) is 12.3. The molecule has 10 aliphatic heterocycles. The second kappa shape index (κ2) is 31.8. The van der Waals surface area contributed by atoms with Crippen LogP contribution >= 0.6 is 11.3 Å². The van der Waals surface area contributed by atoms with Gasteiger partial charge in [0, 0.05) is 87.7 Å². The molecule has 0 atom stereocenters. The number of hydrogen-bond donors (Lipinski definition) is 0. The summed E-state index contributed by atoms with van der Waals surface area (Å²) >= 11 is 1.89. The molecule has 0 radical (unpaired) electrons. The number of fused-ring (bicyclic) bond motifs is 27. The summed E-state index contributed by atoms with van der Waals surface area (Å²) in [5.74, 6) is 5.68. The number of furan rings is 1. The van der Waals surface area contributed by atoms with E-state index in [1.807, 2.05) is 17.4 Å². The SMILES string of the molecule is CC1(C)c2ccccc2N(c2cc3c4c(c2)C(C)(C)c2ccccc2B4c2ccccc2O3)c2cc3c(cc21)-c1ccccc1[Si]3(c1ccccc1)c1ccccc1.CC1(C)c2ccccc2N(c2cc3c4c(c2)C(C)(C)c2ccccc2B4c2ccccc2O3)c2cc3oc4ccccc4c3cc21.CC1(C)c2ccccc2N(c2cc3c4c(c2)C(C)(C)c2ccccc2B4c2ccccc2O3)c2cc3sc4ccccc4c3cc21. The Morgan fingerprint density at radius 3 is 1.01 bits per heavy atom. The highest BCUT2D eigenvalue weighted by molar-refractivity contribution is 7.26. The molecule has 0 aliphatic carbocycles.